The number of carbonyl (C=O) groups is 1. The predicted octanol–water partition coefficient (Wildman–Crippen LogP) is 0.518. The zero-order valence-corrected chi connectivity index (χ0v) is 4.91. The van der Waals surface area contributed by atoms with Crippen LogP contribution in [-0.4, -0.2) is 18.9 Å². The maximum absolute atomic E-state index is 9.74. The van der Waals surface area contributed by atoms with E-state index < -0.39 is 0 Å². The summed E-state index contributed by atoms with van der Waals surface area (Å²) in [6.45, 7) is 1.11. The van der Waals surface area contributed by atoms with Crippen LogP contribution < -0.4 is 0 Å². The monoisotopic (exact) mass is 125 g/mol. The van der Waals surface area contributed by atoms with Crippen LogP contribution in [0.1, 0.15) is 6.42 Å². The van der Waals surface area contributed by atoms with E-state index in [1.807, 2.05) is 6.08 Å². The van der Waals surface area contributed by atoms with Gasteiger partial charge in [0.15, 0.2) is 0 Å². The topological polar surface area (TPSA) is 38.7 Å². The molecule has 48 valence electrons. The van der Waals surface area contributed by atoms with E-state index in [-0.39, 0.29) is 0 Å². The van der Waals surface area contributed by atoms with Crippen LogP contribution in [0.4, 0.5) is 0 Å². The third-order valence-corrected chi connectivity index (χ3v) is 0.993. The normalized spacial score (nSPS) is 16.7. The molecule has 0 atom stereocenters. The molecule has 0 saturated carbocycles. The molecule has 9 heavy (non-hydrogen) atoms. The van der Waals surface area contributed by atoms with Gasteiger partial charge in [-0.3, -0.25) is 9.79 Å². The first-order valence-electron chi connectivity index (χ1n) is 2.75. The minimum absolute atomic E-state index is 0.383. The molecule has 1 aliphatic heterocycles. The van der Waals surface area contributed by atoms with Gasteiger partial charge >= 0.3 is 0 Å². The lowest BCUT2D eigenvalue weighted by molar-refractivity contribution is -0.121. The average molecular weight is 125 g/mol. The van der Waals surface area contributed by atoms with Crippen molar-refractivity contribution in [3.63, 3.8) is 0 Å². The molecule has 0 amide bonds. The Bertz CT molecular complexity index is 160. The van der Waals surface area contributed by atoms with Gasteiger partial charge in [0.05, 0.1) is 0 Å². The number of rotatable bonds is 1. The van der Waals surface area contributed by atoms with Gasteiger partial charge in [-0.2, -0.15) is 0 Å². The van der Waals surface area contributed by atoms with Crippen molar-refractivity contribution in [2.24, 2.45) is 4.99 Å². The summed E-state index contributed by atoms with van der Waals surface area (Å²) in [5.74, 6) is 0.413. The van der Waals surface area contributed by atoms with Gasteiger partial charge in [0, 0.05) is 6.54 Å². The summed E-state index contributed by atoms with van der Waals surface area (Å²) in [6, 6.07) is 0. The molecule has 0 N–H and O–H groups in total. The van der Waals surface area contributed by atoms with Gasteiger partial charge in [-0.25, -0.2) is 0 Å². The summed E-state index contributed by atoms with van der Waals surface area (Å²) in [5.41, 5.74) is 0. The largest absolute Gasteiger partial charge is 0.410 e. The van der Waals surface area contributed by atoms with Crippen LogP contribution in [0, 0.1) is 0 Å². The highest BCUT2D eigenvalue weighted by molar-refractivity contribution is 5.92. The molecule has 1 heterocycles. The van der Waals surface area contributed by atoms with Crippen LogP contribution in [0.15, 0.2) is 17.1 Å². The van der Waals surface area contributed by atoms with E-state index >= 15 is 0 Å². The molecule has 0 unspecified atom stereocenters. The summed E-state index contributed by atoms with van der Waals surface area (Å²) in [4.78, 5) is 13.6. The van der Waals surface area contributed by atoms with Crippen LogP contribution in [0.2, 0.25) is 0 Å². The molecule has 0 fully saturated rings. The second-order valence-corrected chi connectivity index (χ2v) is 1.63. The predicted molar refractivity (Wildman–Crippen MR) is 33.2 cm³/mol. The summed E-state index contributed by atoms with van der Waals surface area (Å²) < 4.78 is 4.47. The van der Waals surface area contributed by atoms with Gasteiger partial charge in [0.2, 0.25) is 5.90 Å². The van der Waals surface area contributed by atoms with Gasteiger partial charge < -0.3 is 4.74 Å². The highest BCUT2D eigenvalue weighted by Gasteiger charge is 1.96. The van der Waals surface area contributed by atoms with Gasteiger partial charge in [0.25, 0.3) is 6.47 Å². The van der Waals surface area contributed by atoms with Crippen molar-refractivity contribution < 1.29 is 9.53 Å². The number of hydrogen-bond acceptors (Lipinski definition) is 3. The lowest BCUT2D eigenvalue weighted by Gasteiger charge is -2.00. The Balaban J connectivity index is 2.47. The third kappa shape index (κ3) is 1.68. The Labute approximate surface area is 53.0 Å². The minimum Gasteiger partial charge on any atom is -0.410 e. The zero-order valence-electron chi connectivity index (χ0n) is 4.91. The van der Waals surface area contributed by atoms with E-state index in [1.54, 1.807) is 6.08 Å². The number of aliphatic imine (C=N–C) groups is 1. The number of hydrogen-bond donors (Lipinski definition) is 0. The first-order valence-corrected chi connectivity index (χ1v) is 2.75. The van der Waals surface area contributed by atoms with Crippen LogP contribution in [0.5, 0.6) is 0 Å². The van der Waals surface area contributed by atoms with Gasteiger partial charge in [-0.1, -0.05) is 6.08 Å². The Morgan fingerprint density at radius 1 is 1.78 bits per heavy atom. The fraction of sp³-hybridized carbons (Fsp3) is 0.333. The van der Waals surface area contributed by atoms with Crippen LogP contribution in [0.3, 0.4) is 0 Å². The first-order chi connectivity index (χ1) is 4.43. The van der Waals surface area contributed by atoms with E-state index in [0.29, 0.717) is 12.4 Å². The average Bonchev–Trinajstić information content (AvgIpc) is 1.91. The molecule has 0 radical (unpaired) electrons. The Morgan fingerprint density at radius 2 is 2.67 bits per heavy atom. The van der Waals surface area contributed by atoms with Crippen LogP contribution in [0.25, 0.3) is 0 Å². The first kappa shape index (κ1) is 6.01. The van der Waals surface area contributed by atoms with Gasteiger partial charge in [-0.15, -0.1) is 0 Å². The number of ether oxygens (including phenoxy) is 1. The Hall–Kier alpha value is -1.12. The maximum Gasteiger partial charge on any atom is 0.299 e. The van der Waals surface area contributed by atoms with E-state index in [0.717, 1.165) is 13.0 Å². The SMILES string of the molecule is O=COC1=NCCC=C1. The van der Waals surface area contributed by atoms with E-state index in [9.17, 15) is 4.79 Å². The zero-order chi connectivity index (χ0) is 6.53. The molecule has 3 nitrogen and oxygen atoms in total. The summed E-state index contributed by atoms with van der Waals surface area (Å²) in [5, 5.41) is 0. The summed E-state index contributed by atoms with van der Waals surface area (Å²) in [6.07, 6.45) is 4.55. The van der Waals surface area contributed by atoms with Crippen molar-refractivity contribution >= 4 is 12.4 Å². The van der Waals surface area contributed by atoms with Crippen molar-refractivity contribution in [1.82, 2.24) is 0 Å². The van der Waals surface area contributed by atoms with E-state index in [2.05, 4.69) is 9.73 Å². The molecule has 1 rings (SSSR count). The lowest BCUT2D eigenvalue weighted by Crippen LogP contribution is -2.03. The molecule has 0 aliphatic carbocycles. The fourth-order valence-electron chi connectivity index (χ4n) is 0.612. The molecular weight excluding hydrogens is 118 g/mol. The summed E-state index contributed by atoms with van der Waals surface area (Å²) in [7, 11) is 0. The quantitative estimate of drug-likeness (QED) is 0.479. The molecule has 0 spiro atoms. The Kier molecular flexibility index (Phi) is 2.01. The van der Waals surface area contributed by atoms with Gasteiger partial charge in [0.1, 0.15) is 0 Å². The molecule has 0 aromatic carbocycles. The van der Waals surface area contributed by atoms with Crippen molar-refractivity contribution in [2.45, 2.75) is 6.42 Å². The highest BCUT2D eigenvalue weighted by Crippen LogP contribution is 1.95. The molecule has 3 heteroatoms. The summed E-state index contributed by atoms with van der Waals surface area (Å²) >= 11 is 0. The Morgan fingerprint density at radius 3 is 3.22 bits per heavy atom. The fourth-order valence-corrected chi connectivity index (χ4v) is 0.612. The number of dihydropyridines is 1. The third-order valence-electron chi connectivity index (χ3n) is 0.993. The van der Waals surface area contributed by atoms with Gasteiger partial charge in [-0.05, 0) is 12.5 Å². The van der Waals surface area contributed by atoms with E-state index in [1.165, 1.54) is 0 Å². The van der Waals surface area contributed by atoms with Crippen molar-refractivity contribution in [1.29, 1.82) is 0 Å². The standard InChI is InChI=1S/C6H7NO2/c8-5-9-6-3-1-2-4-7-6/h1,3,5H,2,4H2. The number of carbonyl (C=O) groups excluding carboxylic acids is 1. The number of nitrogens with zero attached hydrogens (tertiary/aromatic N) is 1. The van der Waals surface area contributed by atoms with Crippen molar-refractivity contribution in [3.05, 3.63) is 12.2 Å². The smallest absolute Gasteiger partial charge is 0.299 e. The van der Waals surface area contributed by atoms with Crippen molar-refractivity contribution in [2.75, 3.05) is 6.54 Å². The molecule has 0 saturated heterocycles. The lowest BCUT2D eigenvalue weighted by atomic mass is 10.3. The second kappa shape index (κ2) is 3.02. The van der Waals surface area contributed by atoms with Crippen LogP contribution in [-0.2, 0) is 9.53 Å². The molecular formula is C6H7NO2. The van der Waals surface area contributed by atoms with Crippen LogP contribution >= 0.6 is 0 Å². The van der Waals surface area contributed by atoms with Crippen molar-refractivity contribution in [3.8, 4) is 0 Å². The minimum atomic E-state index is 0.383. The molecule has 0 bridgehead atoms. The second-order valence-electron chi connectivity index (χ2n) is 1.63. The highest BCUT2D eigenvalue weighted by atomic mass is 16.5. The maximum atomic E-state index is 9.74. The van der Waals surface area contributed by atoms with E-state index in [4.69, 9.17) is 0 Å². The molecule has 1 aliphatic rings. The molecule has 0 aromatic rings. The molecule has 0 aromatic heterocycles.